The molecule has 0 aromatic heterocycles. The summed E-state index contributed by atoms with van der Waals surface area (Å²) in [7, 11) is 0. The largest absolute Gasteiger partial charge is 0.409 e. The van der Waals surface area contributed by atoms with Crippen molar-refractivity contribution in [2.45, 2.75) is 6.54 Å². The highest BCUT2D eigenvalue weighted by Gasteiger charge is 2.06. The maximum Gasteiger partial charge on any atom is 0.170 e. The molecule has 0 amide bonds. The van der Waals surface area contributed by atoms with E-state index in [1.165, 1.54) is 6.07 Å². The van der Waals surface area contributed by atoms with E-state index in [4.69, 9.17) is 10.9 Å². The van der Waals surface area contributed by atoms with Gasteiger partial charge in [-0.1, -0.05) is 17.3 Å². The van der Waals surface area contributed by atoms with E-state index in [0.717, 1.165) is 9.26 Å². The van der Waals surface area contributed by atoms with Crippen LogP contribution >= 0.6 is 22.6 Å². The van der Waals surface area contributed by atoms with Crippen LogP contribution in [0.25, 0.3) is 0 Å². The average molecular weight is 385 g/mol. The molecule has 104 valence electrons. The van der Waals surface area contributed by atoms with Gasteiger partial charge in [0, 0.05) is 26.9 Å². The fraction of sp³-hybridized carbons (Fsp3) is 0.0714. The van der Waals surface area contributed by atoms with Gasteiger partial charge in [0.1, 0.15) is 5.82 Å². The molecular formula is C14H13FIN3O. The lowest BCUT2D eigenvalue weighted by Crippen LogP contribution is -2.14. The van der Waals surface area contributed by atoms with E-state index in [1.807, 2.05) is 24.3 Å². The van der Waals surface area contributed by atoms with Crippen LogP contribution in [0, 0.1) is 9.39 Å². The van der Waals surface area contributed by atoms with Crippen LogP contribution in [0.5, 0.6) is 0 Å². The summed E-state index contributed by atoms with van der Waals surface area (Å²) in [5.74, 6) is -0.506. The van der Waals surface area contributed by atoms with E-state index in [9.17, 15) is 4.39 Å². The maximum atomic E-state index is 13.9. The van der Waals surface area contributed by atoms with Crippen LogP contribution in [-0.2, 0) is 6.54 Å². The van der Waals surface area contributed by atoms with Crippen LogP contribution in [0.1, 0.15) is 11.1 Å². The number of hydrogen-bond acceptors (Lipinski definition) is 3. The number of halogens is 2. The highest BCUT2D eigenvalue weighted by Crippen LogP contribution is 2.15. The van der Waals surface area contributed by atoms with E-state index in [0.29, 0.717) is 17.7 Å². The fourth-order valence-corrected chi connectivity index (χ4v) is 2.03. The molecule has 0 aliphatic heterocycles. The summed E-state index contributed by atoms with van der Waals surface area (Å²) >= 11 is 2.22. The zero-order valence-corrected chi connectivity index (χ0v) is 12.6. The number of nitrogens with zero attached hydrogens (tertiary/aromatic N) is 1. The first-order chi connectivity index (χ1) is 9.60. The van der Waals surface area contributed by atoms with Crippen molar-refractivity contribution in [2.24, 2.45) is 10.9 Å². The Morgan fingerprint density at radius 1 is 1.25 bits per heavy atom. The van der Waals surface area contributed by atoms with E-state index >= 15 is 0 Å². The lowest BCUT2D eigenvalue weighted by atomic mass is 10.1. The van der Waals surface area contributed by atoms with Crippen molar-refractivity contribution in [3.63, 3.8) is 0 Å². The highest BCUT2D eigenvalue weighted by molar-refractivity contribution is 14.1. The number of rotatable bonds is 4. The van der Waals surface area contributed by atoms with Gasteiger partial charge in [-0.05, 0) is 52.9 Å². The normalized spacial score (nSPS) is 11.4. The minimum absolute atomic E-state index is 0.110. The third-order valence-corrected chi connectivity index (χ3v) is 3.50. The zero-order valence-electron chi connectivity index (χ0n) is 10.5. The standard InChI is InChI=1S/C14H13FIN3O/c15-13-7-9(14(17)19-20)1-2-10(13)8-18-12-5-3-11(16)4-6-12/h1-7,18,20H,8H2,(H2,17,19). The maximum absolute atomic E-state index is 13.9. The fourth-order valence-electron chi connectivity index (χ4n) is 1.67. The first-order valence-corrected chi connectivity index (χ1v) is 6.94. The van der Waals surface area contributed by atoms with Gasteiger partial charge in [0.2, 0.25) is 0 Å². The molecule has 0 aliphatic rings. The lowest BCUT2D eigenvalue weighted by molar-refractivity contribution is 0.318. The van der Waals surface area contributed by atoms with Crippen molar-refractivity contribution in [3.8, 4) is 0 Å². The van der Waals surface area contributed by atoms with Gasteiger partial charge in [-0.15, -0.1) is 0 Å². The highest BCUT2D eigenvalue weighted by atomic mass is 127. The van der Waals surface area contributed by atoms with Crippen molar-refractivity contribution in [2.75, 3.05) is 5.32 Å². The van der Waals surface area contributed by atoms with Gasteiger partial charge in [0.15, 0.2) is 5.84 Å². The Balaban J connectivity index is 2.08. The van der Waals surface area contributed by atoms with Gasteiger partial charge in [-0.3, -0.25) is 0 Å². The van der Waals surface area contributed by atoms with Gasteiger partial charge in [-0.2, -0.15) is 0 Å². The van der Waals surface area contributed by atoms with Crippen molar-refractivity contribution in [3.05, 3.63) is 63.0 Å². The van der Waals surface area contributed by atoms with Gasteiger partial charge >= 0.3 is 0 Å². The Bertz CT molecular complexity index is 629. The van der Waals surface area contributed by atoms with Crippen molar-refractivity contribution >= 4 is 34.1 Å². The Morgan fingerprint density at radius 2 is 1.95 bits per heavy atom. The Morgan fingerprint density at radius 3 is 2.55 bits per heavy atom. The number of nitrogens with one attached hydrogen (secondary N) is 1. The number of amidine groups is 1. The number of hydrogen-bond donors (Lipinski definition) is 3. The molecule has 0 atom stereocenters. The Labute approximate surface area is 129 Å². The number of anilines is 1. The first kappa shape index (κ1) is 14.6. The lowest BCUT2D eigenvalue weighted by Gasteiger charge is -2.08. The number of nitrogens with two attached hydrogens (primary N) is 1. The van der Waals surface area contributed by atoms with Crippen molar-refractivity contribution in [1.29, 1.82) is 0 Å². The molecule has 2 aromatic carbocycles. The van der Waals surface area contributed by atoms with Gasteiger partial charge in [0.05, 0.1) is 0 Å². The monoisotopic (exact) mass is 385 g/mol. The van der Waals surface area contributed by atoms with Crippen LogP contribution in [0.2, 0.25) is 0 Å². The van der Waals surface area contributed by atoms with E-state index in [1.54, 1.807) is 12.1 Å². The summed E-state index contributed by atoms with van der Waals surface area (Å²) in [5, 5.41) is 14.5. The topological polar surface area (TPSA) is 70.6 Å². The second kappa shape index (κ2) is 6.56. The molecule has 20 heavy (non-hydrogen) atoms. The summed E-state index contributed by atoms with van der Waals surface area (Å²) in [6.07, 6.45) is 0. The second-order valence-electron chi connectivity index (χ2n) is 4.15. The van der Waals surface area contributed by atoms with Gasteiger partial charge in [0.25, 0.3) is 0 Å². The summed E-state index contributed by atoms with van der Waals surface area (Å²) in [6.45, 7) is 0.364. The van der Waals surface area contributed by atoms with Crippen LogP contribution in [-0.4, -0.2) is 11.0 Å². The molecule has 2 aromatic rings. The summed E-state index contributed by atoms with van der Waals surface area (Å²) < 4.78 is 15.0. The van der Waals surface area contributed by atoms with Crippen LogP contribution in [0.15, 0.2) is 47.6 Å². The first-order valence-electron chi connectivity index (χ1n) is 5.86. The molecule has 4 nitrogen and oxygen atoms in total. The third-order valence-electron chi connectivity index (χ3n) is 2.78. The second-order valence-corrected chi connectivity index (χ2v) is 5.40. The Kier molecular flexibility index (Phi) is 4.78. The minimum Gasteiger partial charge on any atom is -0.409 e. The average Bonchev–Trinajstić information content (AvgIpc) is 2.46. The number of oxime groups is 1. The molecule has 0 fully saturated rings. The molecule has 0 heterocycles. The van der Waals surface area contributed by atoms with Crippen LogP contribution < -0.4 is 11.1 Å². The molecule has 0 saturated heterocycles. The van der Waals surface area contributed by atoms with Gasteiger partial charge < -0.3 is 16.3 Å². The SMILES string of the molecule is NC(=NO)c1ccc(CNc2ccc(I)cc2)c(F)c1. The summed E-state index contributed by atoms with van der Waals surface area (Å²) in [5.41, 5.74) is 7.19. The smallest absolute Gasteiger partial charge is 0.170 e. The molecule has 2 rings (SSSR count). The molecule has 4 N–H and O–H groups in total. The molecule has 0 spiro atoms. The van der Waals surface area contributed by atoms with E-state index in [2.05, 4.69) is 33.1 Å². The van der Waals surface area contributed by atoms with E-state index in [-0.39, 0.29) is 5.84 Å². The van der Waals surface area contributed by atoms with Gasteiger partial charge in [-0.25, -0.2) is 4.39 Å². The molecule has 0 aliphatic carbocycles. The molecule has 0 unspecified atom stereocenters. The zero-order chi connectivity index (χ0) is 14.5. The van der Waals surface area contributed by atoms with Crippen molar-refractivity contribution < 1.29 is 9.60 Å². The molecular weight excluding hydrogens is 372 g/mol. The quantitative estimate of drug-likeness (QED) is 0.249. The summed E-state index contributed by atoms with van der Waals surface area (Å²) in [6, 6.07) is 12.3. The van der Waals surface area contributed by atoms with Crippen LogP contribution in [0.4, 0.5) is 10.1 Å². The predicted octanol–water partition coefficient (Wildman–Crippen LogP) is 3.14. The third kappa shape index (κ3) is 3.60. The molecule has 0 bridgehead atoms. The number of benzene rings is 2. The van der Waals surface area contributed by atoms with Crippen molar-refractivity contribution in [1.82, 2.24) is 0 Å². The van der Waals surface area contributed by atoms with E-state index < -0.39 is 5.82 Å². The molecule has 6 heteroatoms. The molecule has 0 saturated carbocycles. The predicted molar refractivity (Wildman–Crippen MR) is 85.4 cm³/mol. The minimum atomic E-state index is -0.396. The summed E-state index contributed by atoms with van der Waals surface area (Å²) in [4.78, 5) is 0. The van der Waals surface area contributed by atoms with Crippen LogP contribution in [0.3, 0.4) is 0 Å². The molecule has 0 radical (unpaired) electrons. The Hall–Kier alpha value is -1.83.